The van der Waals surface area contributed by atoms with Crippen molar-refractivity contribution in [2.45, 2.75) is 0 Å². The predicted molar refractivity (Wildman–Crippen MR) is 265 cm³/mol. The fourth-order valence-corrected chi connectivity index (χ4v) is 8.76. The zero-order valence-corrected chi connectivity index (χ0v) is 35.0. The highest BCUT2D eigenvalue weighted by atomic mass is 15.0. The lowest BCUT2D eigenvalue weighted by atomic mass is 9.92. The average Bonchev–Trinajstić information content (AvgIpc) is 3.71. The van der Waals surface area contributed by atoms with Crippen LogP contribution in [0.4, 0.5) is 11.4 Å². The van der Waals surface area contributed by atoms with Gasteiger partial charge in [-0.25, -0.2) is 24.6 Å². The summed E-state index contributed by atoms with van der Waals surface area (Å²) in [5, 5.41) is 1.81. The Hall–Kier alpha value is -9.23. The van der Waals surface area contributed by atoms with Crippen LogP contribution < -0.4 is 0 Å². The Balaban J connectivity index is 1.22. The van der Waals surface area contributed by atoms with Crippen molar-refractivity contribution in [3.05, 3.63) is 241 Å². The summed E-state index contributed by atoms with van der Waals surface area (Å²) in [7, 11) is 0. The molecule has 0 aliphatic rings. The van der Waals surface area contributed by atoms with Gasteiger partial charge in [0.15, 0.2) is 28.8 Å². The molecule has 0 bridgehead atoms. The van der Waals surface area contributed by atoms with Gasteiger partial charge in [-0.1, -0.05) is 164 Å². The Morgan fingerprint density at radius 3 is 1.05 bits per heavy atom. The first-order chi connectivity index (χ1) is 32.1. The van der Waals surface area contributed by atoms with Gasteiger partial charge in [-0.2, -0.15) is 0 Å². The number of rotatable bonds is 8. The van der Waals surface area contributed by atoms with Gasteiger partial charge in [0.2, 0.25) is 0 Å². The third-order valence-electron chi connectivity index (χ3n) is 11.8. The molecule has 0 spiro atoms. The molecule has 0 saturated carbocycles. The molecule has 6 nitrogen and oxygen atoms in total. The van der Waals surface area contributed by atoms with Crippen LogP contribution in [0.2, 0.25) is 0 Å². The van der Waals surface area contributed by atoms with Gasteiger partial charge in [0.25, 0.3) is 0 Å². The summed E-state index contributed by atoms with van der Waals surface area (Å²) in [6, 6.07) is 74.3. The summed E-state index contributed by atoms with van der Waals surface area (Å²) in [6.45, 7) is 15.7. The van der Waals surface area contributed by atoms with E-state index < -0.39 is 0 Å². The van der Waals surface area contributed by atoms with Crippen LogP contribution in [0.3, 0.4) is 0 Å². The minimum Gasteiger partial charge on any atom is -0.308 e. The Morgan fingerprint density at radius 1 is 0.308 bits per heavy atom. The predicted octanol–water partition coefficient (Wildman–Crippen LogP) is 15.7. The quantitative estimate of drug-likeness (QED) is 0.143. The fourth-order valence-electron chi connectivity index (χ4n) is 8.76. The summed E-state index contributed by atoms with van der Waals surface area (Å²) in [5.41, 5.74) is 14.7. The zero-order valence-electron chi connectivity index (χ0n) is 35.0. The number of hydrogen-bond acceptors (Lipinski definition) is 3. The van der Waals surface area contributed by atoms with E-state index >= 15 is 0 Å². The largest absolute Gasteiger partial charge is 0.308 e. The van der Waals surface area contributed by atoms with Crippen LogP contribution in [-0.2, 0) is 0 Å². The first-order valence-electron chi connectivity index (χ1n) is 21.3. The molecule has 6 heteroatoms. The van der Waals surface area contributed by atoms with Crippen molar-refractivity contribution in [3.8, 4) is 84.4 Å². The zero-order chi connectivity index (χ0) is 43.7. The molecule has 11 rings (SSSR count). The van der Waals surface area contributed by atoms with Crippen molar-refractivity contribution in [1.29, 1.82) is 0 Å². The molecular weight excluding hydrogens is 793 g/mol. The minimum absolute atomic E-state index is 0.534. The number of nitrogens with zero attached hydrogens (tertiary/aromatic N) is 6. The highest BCUT2D eigenvalue weighted by molar-refractivity contribution is 6.12. The van der Waals surface area contributed by atoms with E-state index in [0.29, 0.717) is 28.8 Å². The van der Waals surface area contributed by atoms with Crippen molar-refractivity contribution < 1.29 is 0 Å². The normalized spacial score (nSPS) is 11.0. The van der Waals surface area contributed by atoms with Gasteiger partial charge < -0.3 is 4.57 Å². The third-order valence-corrected chi connectivity index (χ3v) is 11.8. The second-order valence-corrected chi connectivity index (χ2v) is 15.8. The number of fused-ring (bicyclic) bond motifs is 3. The van der Waals surface area contributed by atoms with E-state index in [0.717, 1.165) is 88.7 Å². The average molecular weight is 829 g/mol. The maximum absolute atomic E-state index is 7.87. The molecule has 2 heterocycles. The Morgan fingerprint density at radius 2 is 0.646 bits per heavy atom. The van der Waals surface area contributed by atoms with E-state index in [1.165, 1.54) is 0 Å². The summed E-state index contributed by atoms with van der Waals surface area (Å²) in [5.74, 6) is 1.66. The summed E-state index contributed by atoms with van der Waals surface area (Å²) < 4.78 is 2.29. The molecule has 11 aromatic rings. The molecule has 302 valence electrons. The highest BCUT2D eigenvalue weighted by Crippen LogP contribution is 2.45. The number of benzene rings is 9. The molecule has 0 aliphatic carbocycles. The van der Waals surface area contributed by atoms with Gasteiger partial charge in [0.05, 0.1) is 29.9 Å². The first-order valence-corrected chi connectivity index (χ1v) is 21.3. The molecule has 0 aliphatic heterocycles. The maximum atomic E-state index is 7.87. The van der Waals surface area contributed by atoms with Crippen LogP contribution in [-0.4, -0.2) is 19.5 Å². The second kappa shape index (κ2) is 16.6. The van der Waals surface area contributed by atoms with Gasteiger partial charge in [0, 0.05) is 27.8 Å². The van der Waals surface area contributed by atoms with Gasteiger partial charge in [-0.3, -0.25) is 0 Å². The molecular formula is C59H36N6. The van der Waals surface area contributed by atoms with Crippen molar-refractivity contribution in [2.24, 2.45) is 0 Å². The van der Waals surface area contributed by atoms with Crippen LogP contribution in [0, 0.1) is 13.1 Å². The smallest absolute Gasteiger partial charge is 0.188 e. The molecule has 0 saturated heterocycles. The van der Waals surface area contributed by atoms with Crippen LogP contribution >= 0.6 is 0 Å². The molecule has 2 aromatic heterocycles. The number of aromatic nitrogens is 4. The van der Waals surface area contributed by atoms with E-state index in [-0.39, 0.29) is 0 Å². The van der Waals surface area contributed by atoms with Crippen LogP contribution in [0.1, 0.15) is 0 Å². The lowest BCUT2D eigenvalue weighted by molar-refractivity contribution is 1.07. The lowest BCUT2D eigenvalue weighted by Gasteiger charge is -2.21. The van der Waals surface area contributed by atoms with Crippen molar-refractivity contribution in [3.63, 3.8) is 0 Å². The highest BCUT2D eigenvalue weighted by Gasteiger charge is 2.24. The summed E-state index contributed by atoms with van der Waals surface area (Å²) >= 11 is 0. The monoisotopic (exact) mass is 828 g/mol. The molecule has 9 aromatic carbocycles. The summed E-state index contributed by atoms with van der Waals surface area (Å²) in [4.78, 5) is 23.4. The molecule has 0 fully saturated rings. The van der Waals surface area contributed by atoms with Crippen molar-refractivity contribution in [1.82, 2.24) is 19.5 Å². The topological polar surface area (TPSA) is 52.3 Å². The van der Waals surface area contributed by atoms with Gasteiger partial charge in [0.1, 0.15) is 0 Å². The van der Waals surface area contributed by atoms with Crippen molar-refractivity contribution >= 4 is 33.2 Å². The Labute approximate surface area is 376 Å². The SMILES string of the molecule is [C-]#[N+]c1ccc2c(c1)c1cc([N+]#[C-])ccc1n2-c1c(-c2ccccc2)cc(-c2nc(-c3ccccc3)nc(-c3cc(-c4ccccc4)cc(-c4ccccc4)c3)n2)cc1-c1ccccc1. The lowest BCUT2D eigenvalue weighted by Crippen LogP contribution is -2.04. The van der Waals surface area contributed by atoms with Gasteiger partial charge in [-0.15, -0.1) is 0 Å². The first kappa shape index (κ1) is 38.7. The Bertz CT molecular complexity index is 3460. The fraction of sp³-hybridized carbons (Fsp3) is 0. The molecule has 0 atom stereocenters. The second-order valence-electron chi connectivity index (χ2n) is 15.8. The third kappa shape index (κ3) is 7.28. The molecule has 0 radical (unpaired) electrons. The standard InChI is InChI=1S/C59H36N6/c1-60-48-28-30-54-52(37-48)53-38-49(61-2)29-31-55(53)65(54)56-50(41-22-12-5-13-23-41)35-47(36-51(56)42-24-14-6-15-25-42)59-63-57(43-26-16-7-17-27-43)62-58(64-59)46-33-44(39-18-8-3-9-19-39)32-45(34-46)40-20-10-4-11-21-40/h3-38H. The molecule has 65 heavy (non-hydrogen) atoms. The molecule has 0 amide bonds. The van der Waals surface area contributed by atoms with Crippen molar-refractivity contribution in [2.75, 3.05) is 0 Å². The van der Waals surface area contributed by atoms with E-state index in [1.807, 2.05) is 91.0 Å². The van der Waals surface area contributed by atoms with Crippen LogP contribution in [0.5, 0.6) is 0 Å². The van der Waals surface area contributed by atoms with Crippen LogP contribution in [0.25, 0.3) is 116 Å². The minimum atomic E-state index is 0.534. The molecule has 0 unspecified atom stereocenters. The maximum Gasteiger partial charge on any atom is 0.188 e. The van der Waals surface area contributed by atoms with Gasteiger partial charge in [-0.05, 0) is 98.8 Å². The van der Waals surface area contributed by atoms with E-state index in [2.05, 4.69) is 142 Å². The molecule has 0 N–H and O–H groups in total. The Kier molecular flexibility index (Phi) is 9.86. The number of hydrogen-bond donors (Lipinski definition) is 0. The van der Waals surface area contributed by atoms with E-state index in [9.17, 15) is 0 Å². The van der Waals surface area contributed by atoms with Crippen LogP contribution in [0.15, 0.2) is 218 Å². The van der Waals surface area contributed by atoms with E-state index in [4.69, 9.17) is 28.1 Å². The van der Waals surface area contributed by atoms with Gasteiger partial charge >= 0.3 is 0 Å². The summed E-state index contributed by atoms with van der Waals surface area (Å²) in [6.07, 6.45) is 0. The van der Waals surface area contributed by atoms with E-state index in [1.54, 1.807) is 0 Å².